The van der Waals surface area contributed by atoms with E-state index in [-0.39, 0.29) is 13.5 Å². The van der Waals surface area contributed by atoms with E-state index in [2.05, 4.69) is 6.08 Å². The Hall–Kier alpha value is -0.240. The fourth-order valence-electron chi connectivity index (χ4n) is 3.12. The first-order valence-corrected chi connectivity index (χ1v) is 8.19. The van der Waals surface area contributed by atoms with E-state index in [0.29, 0.717) is 0 Å². The average Bonchev–Trinajstić information content (AvgIpc) is 2.61. The molecule has 1 heterocycles. The highest BCUT2D eigenvalue weighted by Crippen LogP contribution is 2.21. The first-order valence-electron chi connectivity index (χ1n) is 8.19. The Balaban J connectivity index is 0.00000180. The summed E-state index contributed by atoms with van der Waals surface area (Å²) in [5.41, 5.74) is 3.08. The number of rotatable bonds is 1. The van der Waals surface area contributed by atoms with Gasteiger partial charge in [0.05, 0.1) is 0 Å². The molecule has 0 amide bonds. The molecule has 0 saturated carbocycles. The van der Waals surface area contributed by atoms with Crippen LogP contribution in [0.15, 0.2) is 16.6 Å². The minimum Gasteiger partial charge on any atom is -0.289 e. The van der Waals surface area contributed by atoms with Crippen LogP contribution < -0.4 is 0 Å². The number of hydrogen-bond acceptors (Lipinski definition) is 1. The molecule has 1 nitrogen and oxygen atoms in total. The predicted molar refractivity (Wildman–Crippen MR) is 90.8 cm³/mol. The van der Waals surface area contributed by atoms with Crippen molar-refractivity contribution in [1.29, 1.82) is 0 Å². The molecule has 0 unspecified atom stereocenters. The van der Waals surface area contributed by atoms with Crippen molar-refractivity contribution in [2.75, 3.05) is 6.54 Å². The van der Waals surface area contributed by atoms with Crippen molar-refractivity contribution in [1.82, 2.24) is 0 Å². The second kappa shape index (κ2) is 10.5. The van der Waals surface area contributed by atoms with E-state index in [1.54, 1.807) is 5.57 Å². The maximum atomic E-state index is 4.92. The molecule has 2 aliphatic rings. The van der Waals surface area contributed by atoms with Gasteiger partial charge in [0.2, 0.25) is 0 Å². The molecule has 0 aromatic rings. The van der Waals surface area contributed by atoms with Gasteiger partial charge in [-0.15, -0.1) is 0 Å². The molecule has 110 valence electrons. The van der Waals surface area contributed by atoms with Crippen LogP contribution in [0.4, 0.5) is 0 Å². The summed E-state index contributed by atoms with van der Waals surface area (Å²) in [6, 6.07) is 0. The Kier molecular flexibility index (Phi) is 9.32. The van der Waals surface area contributed by atoms with Crippen LogP contribution in [0.3, 0.4) is 0 Å². The van der Waals surface area contributed by atoms with Crippen LogP contribution in [0.25, 0.3) is 0 Å². The molecule has 0 N–H and O–H groups in total. The molecular weight excluding hydrogens is 250 g/mol. The number of allylic oxidation sites excluding steroid dienone is 2. The third-order valence-electron chi connectivity index (χ3n) is 4.29. The Morgan fingerprint density at radius 1 is 0.684 bits per heavy atom. The van der Waals surface area contributed by atoms with Gasteiger partial charge in [0.1, 0.15) is 0 Å². The Labute approximate surface area is 126 Å². The standard InChI is InChI=1S/C17H29N.H2S/c1-2-5-9-13-16(12-8-4-1)17-14-10-6-3-7-11-15-18-17;/h12H,1-11,13-15H2;1H2. The minimum atomic E-state index is 0. The predicted octanol–water partition coefficient (Wildman–Crippen LogP) is 5.57. The van der Waals surface area contributed by atoms with E-state index in [1.807, 2.05) is 0 Å². The van der Waals surface area contributed by atoms with E-state index < -0.39 is 0 Å². The Morgan fingerprint density at radius 2 is 1.32 bits per heavy atom. The minimum absolute atomic E-state index is 0. The number of aliphatic imine (C=N–C) groups is 1. The molecule has 2 heteroatoms. The van der Waals surface area contributed by atoms with Gasteiger partial charge in [0, 0.05) is 12.3 Å². The fourth-order valence-corrected chi connectivity index (χ4v) is 3.12. The van der Waals surface area contributed by atoms with Gasteiger partial charge in [-0.05, 0) is 50.5 Å². The van der Waals surface area contributed by atoms with Gasteiger partial charge >= 0.3 is 0 Å². The van der Waals surface area contributed by atoms with Crippen LogP contribution >= 0.6 is 13.5 Å². The Morgan fingerprint density at radius 3 is 2.16 bits per heavy atom. The van der Waals surface area contributed by atoms with Gasteiger partial charge in [0.25, 0.3) is 0 Å². The zero-order valence-electron chi connectivity index (χ0n) is 12.4. The van der Waals surface area contributed by atoms with E-state index >= 15 is 0 Å². The molecule has 0 aromatic carbocycles. The highest BCUT2D eigenvalue weighted by atomic mass is 32.1. The summed E-state index contributed by atoms with van der Waals surface area (Å²) >= 11 is 0. The van der Waals surface area contributed by atoms with Gasteiger partial charge in [-0.25, -0.2) is 0 Å². The molecule has 0 bridgehead atoms. The van der Waals surface area contributed by atoms with Crippen molar-refractivity contribution < 1.29 is 0 Å². The number of nitrogens with zero attached hydrogens (tertiary/aromatic N) is 1. The summed E-state index contributed by atoms with van der Waals surface area (Å²) in [5.74, 6) is 0. The summed E-state index contributed by atoms with van der Waals surface area (Å²) < 4.78 is 0. The molecule has 2 rings (SSSR count). The monoisotopic (exact) mass is 281 g/mol. The number of hydrogen-bond donors (Lipinski definition) is 0. The second-order valence-electron chi connectivity index (χ2n) is 5.88. The summed E-state index contributed by atoms with van der Waals surface area (Å²) in [6.07, 6.45) is 20.3. The highest BCUT2D eigenvalue weighted by molar-refractivity contribution is 7.59. The van der Waals surface area contributed by atoms with Gasteiger partial charge in [-0.1, -0.05) is 44.6 Å². The van der Waals surface area contributed by atoms with Gasteiger partial charge in [-0.2, -0.15) is 13.5 Å². The van der Waals surface area contributed by atoms with Crippen molar-refractivity contribution in [3.05, 3.63) is 11.6 Å². The van der Waals surface area contributed by atoms with Crippen LogP contribution in [0.2, 0.25) is 0 Å². The molecule has 1 aliphatic heterocycles. The lowest BCUT2D eigenvalue weighted by Crippen LogP contribution is -2.04. The van der Waals surface area contributed by atoms with Crippen molar-refractivity contribution in [3.63, 3.8) is 0 Å². The van der Waals surface area contributed by atoms with Crippen molar-refractivity contribution in [3.8, 4) is 0 Å². The summed E-state index contributed by atoms with van der Waals surface area (Å²) in [6.45, 7) is 1.08. The van der Waals surface area contributed by atoms with Crippen molar-refractivity contribution in [2.45, 2.75) is 83.5 Å². The van der Waals surface area contributed by atoms with Gasteiger partial charge in [0.15, 0.2) is 0 Å². The SMILES string of the molecule is C1=C(C2=NCCCCCCC2)CCCCCCC1.S. The van der Waals surface area contributed by atoms with E-state index in [0.717, 1.165) is 6.54 Å². The molecule has 0 spiro atoms. The zero-order valence-corrected chi connectivity index (χ0v) is 13.4. The van der Waals surface area contributed by atoms with E-state index in [9.17, 15) is 0 Å². The first-order chi connectivity index (χ1) is 8.97. The quantitative estimate of drug-likeness (QED) is 0.596. The second-order valence-corrected chi connectivity index (χ2v) is 5.88. The Bertz CT molecular complexity index is 264. The van der Waals surface area contributed by atoms with E-state index in [4.69, 9.17) is 4.99 Å². The third kappa shape index (κ3) is 6.65. The summed E-state index contributed by atoms with van der Waals surface area (Å²) in [5, 5.41) is 0. The normalized spacial score (nSPS) is 23.2. The molecule has 0 saturated heterocycles. The van der Waals surface area contributed by atoms with Crippen LogP contribution in [-0.4, -0.2) is 12.3 Å². The average molecular weight is 282 g/mol. The van der Waals surface area contributed by atoms with Crippen LogP contribution in [0, 0.1) is 0 Å². The molecule has 0 atom stereocenters. The topological polar surface area (TPSA) is 12.4 Å². The maximum absolute atomic E-state index is 4.92. The molecule has 0 fully saturated rings. The van der Waals surface area contributed by atoms with Crippen molar-refractivity contribution >= 4 is 19.2 Å². The van der Waals surface area contributed by atoms with Crippen LogP contribution in [-0.2, 0) is 0 Å². The largest absolute Gasteiger partial charge is 0.289 e. The molecule has 0 aromatic heterocycles. The molecule has 1 aliphatic carbocycles. The smallest absolute Gasteiger partial charge is 0.0392 e. The molecular formula is C17H31NS. The first kappa shape index (κ1) is 16.8. The third-order valence-corrected chi connectivity index (χ3v) is 4.29. The molecule has 19 heavy (non-hydrogen) atoms. The fraction of sp³-hybridized carbons (Fsp3) is 0.824. The molecule has 0 radical (unpaired) electrons. The van der Waals surface area contributed by atoms with Crippen LogP contribution in [0.5, 0.6) is 0 Å². The highest BCUT2D eigenvalue weighted by Gasteiger charge is 2.09. The summed E-state index contributed by atoms with van der Waals surface area (Å²) in [7, 11) is 0. The van der Waals surface area contributed by atoms with Crippen LogP contribution in [0.1, 0.15) is 83.5 Å². The van der Waals surface area contributed by atoms with Gasteiger partial charge < -0.3 is 0 Å². The lowest BCUT2D eigenvalue weighted by Gasteiger charge is -2.10. The lowest BCUT2D eigenvalue weighted by atomic mass is 9.98. The zero-order chi connectivity index (χ0) is 12.5. The summed E-state index contributed by atoms with van der Waals surface area (Å²) in [4.78, 5) is 4.92. The lowest BCUT2D eigenvalue weighted by molar-refractivity contribution is 0.630. The van der Waals surface area contributed by atoms with Crippen molar-refractivity contribution in [2.24, 2.45) is 4.99 Å². The maximum Gasteiger partial charge on any atom is 0.0392 e. The van der Waals surface area contributed by atoms with E-state index in [1.165, 1.54) is 89.2 Å². The van der Waals surface area contributed by atoms with Gasteiger partial charge in [-0.3, -0.25) is 4.99 Å².